The van der Waals surface area contributed by atoms with Crippen molar-refractivity contribution in [2.24, 2.45) is 0 Å². The van der Waals surface area contributed by atoms with Crippen LogP contribution in [0.25, 0.3) is 0 Å². The van der Waals surface area contributed by atoms with E-state index in [0.29, 0.717) is 6.54 Å². The van der Waals surface area contributed by atoms with Gasteiger partial charge in [0.05, 0.1) is 13.2 Å². The van der Waals surface area contributed by atoms with Gasteiger partial charge in [-0.15, -0.1) is 0 Å². The van der Waals surface area contributed by atoms with Gasteiger partial charge in [-0.2, -0.15) is 0 Å². The van der Waals surface area contributed by atoms with E-state index in [-0.39, 0.29) is 13.2 Å². The molecule has 1 unspecified atom stereocenters. The molecular weight excluding hydrogens is 234 g/mol. The van der Waals surface area contributed by atoms with Crippen molar-refractivity contribution < 1.29 is 19.1 Å². The molecule has 0 aromatic heterocycles. The fourth-order valence-corrected chi connectivity index (χ4v) is 1.58. The molecule has 1 amide bonds. The zero-order chi connectivity index (χ0) is 13.0. The van der Waals surface area contributed by atoms with E-state index in [0.717, 1.165) is 5.56 Å². The van der Waals surface area contributed by atoms with E-state index in [2.05, 4.69) is 5.32 Å². The number of ether oxygens (including phenoxy) is 2. The molecule has 1 aromatic carbocycles. The first-order valence-electron chi connectivity index (χ1n) is 5.82. The van der Waals surface area contributed by atoms with E-state index < -0.39 is 17.5 Å². The van der Waals surface area contributed by atoms with Crippen LogP contribution in [0.3, 0.4) is 0 Å². The highest BCUT2D eigenvalue weighted by atomic mass is 16.6. The molecule has 1 aliphatic rings. The Morgan fingerprint density at radius 3 is 2.61 bits per heavy atom. The number of esters is 1. The molecule has 5 nitrogen and oxygen atoms in total. The summed E-state index contributed by atoms with van der Waals surface area (Å²) in [5.41, 5.74) is -0.448. The summed E-state index contributed by atoms with van der Waals surface area (Å²) in [5.74, 6) is -1.06. The number of rotatable bonds is 5. The van der Waals surface area contributed by atoms with Gasteiger partial charge in [-0.3, -0.25) is 4.79 Å². The van der Waals surface area contributed by atoms with Gasteiger partial charge < -0.3 is 14.8 Å². The first kappa shape index (κ1) is 12.6. The molecule has 1 atom stereocenters. The summed E-state index contributed by atoms with van der Waals surface area (Å²) >= 11 is 0. The lowest BCUT2D eigenvalue weighted by Gasteiger charge is -2.11. The van der Waals surface area contributed by atoms with Gasteiger partial charge in [0.15, 0.2) is 0 Å². The van der Waals surface area contributed by atoms with E-state index >= 15 is 0 Å². The lowest BCUT2D eigenvalue weighted by Crippen LogP contribution is -2.44. The lowest BCUT2D eigenvalue weighted by molar-refractivity contribution is -0.154. The van der Waals surface area contributed by atoms with E-state index in [4.69, 9.17) is 9.47 Å². The van der Waals surface area contributed by atoms with Crippen LogP contribution in [-0.4, -0.2) is 30.7 Å². The molecule has 0 saturated carbocycles. The third-order valence-corrected chi connectivity index (χ3v) is 2.70. The Morgan fingerprint density at radius 2 is 2.06 bits per heavy atom. The van der Waals surface area contributed by atoms with Crippen LogP contribution in [0, 0.1) is 0 Å². The third-order valence-electron chi connectivity index (χ3n) is 2.70. The molecule has 0 radical (unpaired) electrons. The first-order chi connectivity index (χ1) is 8.69. The normalized spacial score (nSPS) is 21.2. The van der Waals surface area contributed by atoms with Crippen LogP contribution in [-0.2, 0) is 25.6 Å². The smallest absolute Gasteiger partial charge is 0.350 e. The second-order valence-corrected chi connectivity index (χ2v) is 4.00. The van der Waals surface area contributed by atoms with Crippen molar-refractivity contribution in [1.82, 2.24) is 5.32 Å². The molecule has 1 aromatic rings. The van der Waals surface area contributed by atoms with Crippen molar-refractivity contribution in [3.63, 3.8) is 0 Å². The third kappa shape index (κ3) is 2.51. The summed E-state index contributed by atoms with van der Waals surface area (Å²) in [6, 6.07) is 9.46. The Morgan fingerprint density at radius 1 is 1.39 bits per heavy atom. The quantitative estimate of drug-likeness (QED) is 0.472. The van der Waals surface area contributed by atoms with Gasteiger partial charge in [-0.25, -0.2) is 4.79 Å². The zero-order valence-corrected chi connectivity index (χ0v) is 10.1. The summed E-state index contributed by atoms with van der Waals surface area (Å²) in [4.78, 5) is 23.5. The van der Waals surface area contributed by atoms with Gasteiger partial charge in [0, 0.05) is 6.54 Å². The maximum Gasteiger partial charge on any atom is 0.350 e. The molecule has 1 N–H and O–H groups in total. The number of carbonyl (C=O) groups is 2. The van der Waals surface area contributed by atoms with Crippen LogP contribution in [0.15, 0.2) is 30.3 Å². The molecule has 18 heavy (non-hydrogen) atoms. The second kappa shape index (κ2) is 5.18. The number of amides is 1. The lowest BCUT2D eigenvalue weighted by atomic mass is 10.1. The molecule has 1 saturated heterocycles. The van der Waals surface area contributed by atoms with Gasteiger partial charge in [0.1, 0.15) is 0 Å². The number of hydrogen-bond acceptors (Lipinski definition) is 4. The largest absolute Gasteiger partial charge is 0.463 e. The summed E-state index contributed by atoms with van der Waals surface area (Å²) in [5, 5.41) is 2.68. The highest BCUT2D eigenvalue weighted by Crippen LogP contribution is 2.28. The SMILES string of the molecule is CCOC(=O)C1(C(=O)NCc2ccccc2)CO1. The maximum atomic E-state index is 11.9. The first-order valence-corrected chi connectivity index (χ1v) is 5.82. The topological polar surface area (TPSA) is 67.9 Å². The molecule has 0 bridgehead atoms. The molecule has 0 spiro atoms. The molecule has 2 rings (SSSR count). The number of benzene rings is 1. The minimum atomic E-state index is -1.41. The van der Waals surface area contributed by atoms with Crippen molar-refractivity contribution >= 4 is 11.9 Å². The molecule has 1 fully saturated rings. The number of epoxide rings is 1. The van der Waals surface area contributed by atoms with Crippen LogP contribution >= 0.6 is 0 Å². The van der Waals surface area contributed by atoms with E-state index in [9.17, 15) is 9.59 Å². The van der Waals surface area contributed by atoms with Crippen LogP contribution in [0.5, 0.6) is 0 Å². The average molecular weight is 249 g/mol. The van der Waals surface area contributed by atoms with Gasteiger partial charge in [-0.1, -0.05) is 30.3 Å². The summed E-state index contributed by atoms with van der Waals surface area (Å²) in [6.45, 7) is 2.38. The minimum Gasteiger partial charge on any atom is -0.463 e. The second-order valence-electron chi connectivity index (χ2n) is 4.00. The Bertz CT molecular complexity index is 440. The van der Waals surface area contributed by atoms with Crippen LogP contribution in [0.4, 0.5) is 0 Å². The summed E-state index contributed by atoms with van der Waals surface area (Å²) < 4.78 is 9.79. The van der Waals surface area contributed by atoms with Gasteiger partial charge in [-0.05, 0) is 12.5 Å². The molecule has 96 valence electrons. The van der Waals surface area contributed by atoms with E-state index in [1.54, 1.807) is 6.92 Å². The fourth-order valence-electron chi connectivity index (χ4n) is 1.58. The molecule has 0 aliphatic carbocycles. The Labute approximate surface area is 105 Å². The van der Waals surface area contributed by atoms with Crippen molar-refractivity contribution in [3.05, 3.63) is 35.9 Å². The maximum absolute atomic E-state index is 11.9. The van der Waals surface area contributed by atoms with E-state index in [1.165, 1.54) is 0 Å². The average Bonchev–Trinajstić information content (AvgIpc) is 3.19. The highest BCUT2D eigenvalue weighted by molar-refractivity contribution is 6.08. The Hall–Kier alpha value is -1.88. The Kier molecular flexibility index (Phi) is 3.62. The predicted octanol–water partition coefficient (Wildman–Crippen LogP) is 0.635. The molecule has 5 heteroatoms. The van der Waals surface area contributed by atoms with Gasteiger partial charge in [0.2, 0.25) is 0 Å². The molecular formula is C13H15NO4. The van der Waals surface area contributed by atoms with Crippen molar-refractivity contribution in [2.75, 3.05) is 13.2 Å². The summed E-state index contributed by atoms with van der Waals surface area (Å²) in [6.07, 6.45) is 0. The van der Waals surface area contributed by atoms with Crippen molar-refractivity contribution in [2.45, 2.75) is 19.1 Å². The van der Waals surface area contributed by atoms with Crippen LogP contribution in [0.2, 0.25) is 0 Å². The fraction of sp³-hybridized carbons (Fsp3) is 0.385. The summed E-state index contributed by atoms with van der Waals surface area (Å²) in [7, 11) is 0. The molecule has 1 heterocycles. The highest BCUT2D eigenvalue weighted by Gasteiger charge is 2.60. The van der Waals surface area contributed by atoms with Crippen molar-refractivity contribution in [3.8, 4) is 0 Å². The molecule has 1 aliphatic heterocycles. The van der Waals surface area contributed by atoms with E-state index in [1.807, 2.05) is 30.3 Å². The Balaban J connectivity index is 1.91. The predicted molar refractivity (Wildman–Crippen MR) is 63.6 cm³/mol. The monoisotopic (exact) mass is 249 g/mol. The standard InChI is InChI=1S/C13H15NO4/c1-2-17-12(16)13(9-18-13)11(15)14-8-10-6-4-3-5-7-10/h3-7H,2,8-9H2,1H3,(H,14,15). The van der Waals surface area contributed by atoms with Crippen LogP contribution < -0.4 is 5.32 Å². The number of carbonyl (C=O) groups excluding carboxylic acids is 2. The minimum absolute atomic E-state index is 0.0897. The zero-order valence-electron chi connectivity index (χ0n) is 10.1. The number of nitrogens with one attached hydrogen (secondary N) is 1. The van der Waals surface area contributed by atoms with Crippen molar-refractivity contribution in [1.29, 1.82) is 0 Å². The van der Waals surface area contributed by atoms with Gasteiger partial charge >= 0.3 is 5.97 Å². The van der Waals surface area contributed by atoms with Crippen LogP contribution in [0.1, 0.15) is 12.5 Å². The number of hydrogen-bond donors (Lipinski definition) is 1. The van der Waals surface area contributed by atoms with Gasteiger partial charge in [0.25, 0.3) is 11.5 Å².